The predicted molar refractivity (Wildman–Crippen MR) is 63.8 cm³/mol. The Bertz CT molecular complexity index is 455. The van der Waals surface area contributed by atoms with Crippen LogP contribution < -0.4 is 11.5 Å². The number of benzene rings is 1. The number of hydrogen-bond acceptors (Lipinski definition) is 3. The zero-order valence-corrected chi connectivity index (χ0v) is 9.69. The van der Waals surface area contributed by atoms with Crippen molar-refractivity contribution in [2.45, 2.75) is 26.2 Å². The Kier molecular flexibility index (Phi) is 4.09. The average molecular weight is 236 g/mol. The van der Waals surface area contributed by atoms with E-state index in [0.717, 1.165) is 12.8 Å². The van der Waals surface area contributed by atoms with Gasteiger partial charge < -0.3 is 16.6 Å². The van der Waals surface area contributed by atoms with Crippen molar-refractivity contribution in [3.8, 4) is 5.75 Å². The van der Waals surface area contributed by atoms with Crippen LogP contribution in [0.5, 0.6) is 5.75 Å². The minimum absolute atomic E-state index is 0.0303. The number of phenols is 1. The zero-order chi connectivity index (χ0) is 13.0. The summed E-state index contributed by atoms with van der Waals surface area (Å²) in [7, 11) is 0. The van der Waals surface area contributed by atoms with Gasteiger partial charge in [-0.2, -0.15) is 0 Å². The highest BCUT2D eigenvalue weighted by Crippen LogP contribution is 2.26. The van der Waals surface area contributed by atoms with Crippen LogP contribution in [0, 0.1) is 0 Å². The number of primary amides is 2. The molecule has 2 amide bonds. The van der Waals surface area contributed by atoms with Crippen LogP contribution >= 0.6 is 0 Å². The van der Waals surface area contributed by atoms with Gasteiger partial charge in [0, 0.05) is 5.56 Å². The van der Waals surface area contributed by atoms with Gasteiger partial charge in [-0.3, -0.25) is 9.59 Å². The van der Waals surface area contributed by atoms with Gasteiger partial charge in [0.1, 0.15) is 5.75 Å². The molecule has 0 spiro atoms. The summed E-state index contributed by atoms with van der Waals surface area (Å²) in [5.41, 5.74) is 10.9. The monoisotopic (exact) mass is 236 g/mol. The summed E-state index contributed by atoms with van der Waals surface area (Å²) in [5.74, 6) is -1.50. The molecule has 5 heteroatoms. The molecule has 0 saturated heterocycles. The molecule has 0 aliphatic heterocycles. The van der Waals surface area contributed by atoms with E-state index in [1.165, 1.54) is 12.1 Å². The molecule has 0 bridgehead atoms. The van der Waals surface area contributed by atoms with Gasteiger partial charge in [-0.15, -0.1) is 0 Å². The lowest BCUT2D eigenvalue weighted by atomic mass is 9.95. The molecule has 0 aromatic heterocycles. The summed E-state index contributed by atoms with van der Waals surface area (Å²) in [5, 5.41) is 9.71. The van der Waals surface area contributed by atoms with E-state index in [4.69, 9.17) is 11.5 Å². The fourth-order valence-electron chi connectivity index (χ4n) is 1.73. The Hall–Kier alpha value is -2.04. The van der Waals surface area contributed by atoms with E-state index < -0.39 is 11.8 Å². The summed E-state index contributed by atoms with van der Waals surface area (Å²) >= 11 is 0. The van der Waals surface area contributed by atoms with Crippen LogP contribution in [0.15, 0.2) is 12.1 Å². The first kappa shape index (κ1) is 13.0. The Morgan fingerprint density at radius 1 is 1.24 bits per heavy atom. The van der Waals surface area contributed by atoms with Crippen molar-refractivity contribution in [2.75, 3.05) is 0 Å². The van der Waals surface area contributed by atoms with Gasteiger partial charge in [-0.05, 0) is 25.0 Å². The zero-order valence-electron chi connectivity index (χ0n) is 9.69. The van der Waals surface area contributed by atoms with Crippen molar-refractivity contribution in [1.82, 2.24) is 0 Å². The van der Waals surface area contributed by atoms with E-state index in [1.807, 2.05) is 6.92 Å². The Morgan fingerprint density at radius 3 is 2.35 bits per heavy atom. The summed E-state index contributed by atoms with van der Waals surface area (Å²) < 4.78 is 0. The average Bonchev–Trinajstić information content (AvgIpc) is 2.26. The smallest absolute Gasteiger partial charge is 0.249 e. The van der Waals surface area contributed by atoms with E-state index in [1.54, 1.807) is 0 Å². The normalized spacial score (nSPS) is 10.2. The van der Waals surface area contributed by atoms with Crippen LogP contribution in [0.2, 0.25) is 0 Å². The number of aromatic hydroxyl groups is 1. The van der Waals surface area contributed by atoms with Gasteiger partial charge in [0.25, 0.3) is 0 Å². The fraction of sp³-hybridized carbons (Fsp3) is 0.333. The van der Waals surface area contributed by atoms with Crippen molar-refractivity contribution in [3.63, 3.8) is 0 Å². The first-order chi connectivity index (χ1) is 7.99. The molecular formula is C12H16N2O3. The maximum Gasteiger partial charge on any atom is 0.249 e. The molecule has 1 aromatic carbocycles. The highest BCUT2D eigenvalue weighted by atomic mass is 16.3. The molecule has 0 aliphatic rings. The van der Waals surface area contributed by atoms with Crippen LogP contribution in [0.3, 0.4) is 0 Å². The first-order valence-corrected chi connectivity index (χ1v) is 5.43. The third-order valence-electron chi connectivity index (χ3n) is 2.58. The van der Waals surface area contributed by atoms with Gasteiger partial charge in [0.15, 0.2) is 0 Å². The van der Waals surface area contributed by atoms with Gasteiger partial charge in [0.05, 0.1) is 11.1 Å². The van der Waals surface area contributed by atoms with Gasteiger partial charge >= 0.3 is 0 Å². The van der Waals surface area contributed by atoms with Crippen LogP contribution in [0.25, 0.3) is 0 Å². The summed E-state index contributed by atoms with van der Waals surface area (Å²) in [4.78, 5) is 22.6. The van der Waals surface area contributed by atoms with E-state index in [9.17, 15) is 14.7 Å². The van der Waals surface area contributed by atoms with Crippen LogP contribution in [-0.2, 0) is 6.42 Å². The second kappa shape index (κ2) is 5.34. The lowest BCUT2D eigenvalue weighted by molar-refractivity contribution is 0.0966. The molecule has 92 valence electrons. The van der Waals surface area contributed by atoms with E-state index >= 15 is 0 Å². The largest absolute Gasteiger partial charge is 0.508 e. The lowest BCUT2D eigenvalue weighted by Crippen LogP contribution is -2.22. The number of nitrogens with two attached hydrogens (primary N) is 2. The standard InChI is InChI=1S/C12H16N2O3/c1-2-3-4-7-9(15)6-5-8(11(13)16)10(7)12(14)17/h5-6,15H,2-4H2,1H3,(H2,13,16)(H2,14,17). The Balaban J connectivity index is 3.37. The minimum Gasteiger partial charge on any atom is -0.508 e. The topological polar surface area (TPSA) is 106 Å². The van der Waals surface area contributed by atoms with Gasteiger partial charge in [-0.1, -0.05) is 13.3 Å². The molecule has 0 heterocycles. The molecule has 0 fully saturated rings. The maximum absolute atomic E-state index is 11.4. The van der Waals surface area contributed by atoms with Crippen molar-refractivity contribution in [3.05, 3.63) is 28.8 Å². The highest BCUT2D eigenvalue weighted by molar-refractivity contribution is 6.07. The predicted octanol–water partition coefficient (Wildman–Crippen LogP) is 0.933. The summed E-state index contributed by atoms with van der Waals surface area (Å²) in [6, 6.07) is 2.67. The molecule has 5 nitrogen and oxygen atoms in total. The second-order valence-corrected chi connectivity index (χ2v) is 3.82. The van der Waals surface area contributed by atoms with Gasteiger partial charge in [0.2, 0.25) is 11.8 Å². The first-order valence-electron chi connectivity index (χ1n) is 5.43. The summed E-state index contributed by atoms with van der Waals surface area (Å²) in [6.45, 7) is 1.99. The second-order valence-electron chi connectivity index (χ2n) is 3.82. The molecular weight excluding hydrogens is 220 g/mol. The molecule has 0 saturated carbocycles. The quantitative estimate of drug-likeness (QED) is 0.707. The fourth-order valence-corrected chi connectivity index (χ4v) is 1.73. The van der Waals surface area contributed by atoms with E-state index in [2.05, 4.69) is 0 Å². The van der Waals surface area contributed by atoms with E-state index in [0.29, 0.717) is 12.0 Å². The molecule has 0 radical (unpaired) electrons. The molecule has 17 heavy (non-hydrogen) atoms. The third kappa shape index (κ3) is 2.75. The van der Waals surface area contributed by atoms with Crippen LogP contribution in [-0.4, -0.2) is 16.9 Å². The summed E-state index contributed by atoms with van der Waals surface area (Å²) in [6.07, 6.45) is 2.18. The minimum atomic E-state index is -0.749. The van der Waals surface area contributed by atoms with Crippen molar-refractivity contribution in [2.24, 2.45) is 11.5 Å². The molecule has 1 rings (SSSR count). The Morgan fingerprint density at radius 2 is 1.88 bits per heavy atom. The SMILES string of the molecule is CCCCc1c(O)ccc(C(N)=O)c1C(N)=O. The Labute approximate surface area is 99.4 Å². The molecule has 5 N–H and O–H groups in total. The number of rotatable bonds is 5. The van der Waals surface area contributed by atoms with Gasteiger partial charge in [-0.25, -0.2) is 0 Å². The molecule has 1 aromatic rings. The number of unbranched alkanes of at least 4 members (excludes halogenated alkanes) is 1. The van der Waals surface area contributed by atoms with Crippen molar-refractivity contribution in [1.29, 1.82) is 0 Å². The van der Waals surface area contributed by atoms with Crippen LogP contribution in [0.4, 0.5) is 0 Å². The maximum atomic E-state index is 11.4. The number of amides is 2. The highest BCUT2D eigenvalue weighted by Gasteiger charge is 2.19. The number of hydrogen-bond donors (Lipinski definition) is 3. The van der Waals surface area contributed by atoms with Crippen LogP contribution in [0.1, 0.15) is 46.0 Å². The van der Waals surface area contributed by atoms with Crippen molar-refractivity contribution >= 4 is 11.8 Å². The third-order valence-corrected chi connectivity index (χ3v) is 2.58. The molecule has 0 unspecified atom stereocenters. The molecule has 0 aliphatic carbocycles. The number of carbonyl (C=O) groups excluding carboxylic acids is 2. The van der Waals surface area contributed by atoms with E-state index in [-0.39, 0.29) is 16.9 Å². The number of phenolic OH excluding ortho intramolecular Hbond substituents is 1. The number of carbonyl (C=O) groups is 2. The van der Waals surface area contributed by atoms with Crippen molar-refractivity contribution < 1.29 is 14.7 Å². The lowest BCUT2D eigenvalue weighted by Gasteiger charge is -2.11. The molecule has 0 atom stereocenters.